The summed E-state index contributed by atoms with van der Waals surface area (Å²) >= 11 is 9.25. The van der Waals surface area contributed by atoms with Crippen molar-refractivity contribution in [1.29, 1.82) is 0 Å². The van der Waals surface area contributed by atoms with Crippen molar-refractivity contribution in [3.05, 3.63) is 45.5 Å². The van der Waals surface area contributed by atoms with Gasteiger partial charge in [-0.25, -0.2) is 0 Å². The average molecular weight is 343 g/mol. The number of benzene rings is 1. The van der Waals surface area contributed by atoms with Crippen molar-refractivity contribution in [1.82, 2.24) is 9.78 Å². The van der Waals surface area contributed by atoms with E-state index < -0.39 is 0 Å². The highest BCUT2D eigenvalue weighted by Crippen LogP contribution is 2.23. The first-order chi connectivity index (χ1) is 8.97. The molecule has 1 N–H and O–H groups in total. The second kappa shape index (κ2) is 5.75. The maximum atomic E-state index is 12.0. The lowest BCUT2D eigenvalue weighted by Crippen LogP contribution is -2.13. The van der Waals surface area contributed by atoms with Crippen LogP contribution in [0.2, 0.25) is 5.02 Å². The van der Waals surface area contributed by atoms with Gasteiger partial charge in [0.15, 0.2) is 5.82 Å². The normalized spacial score (nSPS) is 10.8. The van der Waals surface area contributed by atoms with Gasteiger partial charge in [-0.05, 0) is 48.0 Å². The van der Waals surface area contributed by atoms with Crippen LogP contribution in [0.5, 0.6) is 0 Å². The van der Waals surface area contributed by atoms with Crippen molar-refractivity contribution in [3.8, 4) is 0 Å². The molecular weight excluding hydrogens is 330 g/mol. The number of anilines is 1. The van der Waals surface area contributed by atoms with Gasteiger partial charge >= 0.3 is 0 Å². The van der Waals surface area contributed by atoms with Gasteiger partial charge in [0.1, 0.15) is 0 Å². The van der Waals surface area contributed by atoms with E-state index in [-0.39, 0.29) is 11.9 Å². The standard InChI is InChI=1S/C13H13BrClN3O/c1-8(2)18-6-5-12(17-18)16-13(19)9-3-4-10(14)11(15)7-9/h3-8H,1-2H3,(H,16,17,19). The summed E-state index contributed by atoms with van der Waals surface area (Å²) in [4.78, 5) is 12.0. The third kappa shape index (κ3) is 3.36. The summed E-state index contributed by atoms with van der Waals surface area (Å²) in [6, 6.07) is 7.07. The average Bonchev–Trinajstić information content (AvgIpc) is 2.81. The van der Waals surface area contributed by atoms with Crippen LogP contribution in [0.3, 0.4) is 0 Å². The van der Waals surface area contributed by atoms with Gasteiger partial charge in [0.25, 0.3) is 5.91 Å². The third-order valence-electron chi connectivity index (χ3n) is 2.56. The predicted molar refractivity (Wildman–Crippen MR) is 79.7 cm³/mol. The number of halogens is 2. The summed E-state index contributed by atoms with van der Waals surface area (Å²) in [5, 5.41) is 7.49. The molecule has 0 atom stereocenters. The molecule has 0 saturated carbocycles. The summed E-state index contributed by atoms with van der Waals surface area (Å²) in [6.07, 6.45) is 1.83. The molecule has 1 heterocycles. The molecular formula is C13H13BrClN3O. The van der Waals surface area contributed by atoms with Crippen LogP contribution < -0.4 is 5.32 Å². The van der Waals surface area contributed by atoms with E-state index in [1.807, 2.05) is 20.0 Å². The van der Waals surface area contributed by atoms with Crippen LogP contribution in [0.15, 0.2) is 34.9 Å². The highest BCUT2D eigenvalue weighted by atomic mass is 79.9. The second-order valence-corrected chi connectivity index (χ2v) is 5.62. The fourth-order valence-corrected chi connectivity index (χ4v) is 1.95. The monoisotopic (exact) mass is 341 g/mol. The van der Waals surface area contributed by atoms with Gasteiger partial charge in [-0.15, -0.1) is 0 Å². The van der Waals surface area contributed by atoms with Crippen molar-refractivity contribution in [3.63, 3.8) is 0 Å². The number of nitrogens with zero attached hydrogens (tertiary/aromatic N) is 2. The van der Waals surface area contributed by atoms with Crippen LogP contribution >= 0.6 is 27.5 Å². The van der Waals surface area contributed by atoms with E-state index in [1.165, 1.54) is 0 Å². The second-order valence-electron chi connectivity index (χ2n) is 4.36. The van der Waals surface area contributed by atoms with Crippen LogP contribution in [0.4, 0.5) is 5.82 Å². The lowest BCUT2D eigenvalue weighted by atomic mass is 10.2. The Balaban J connectivity index is 2.13. The summed E-state index contributed by atoms with van der Waals surface area (Å²) in [5.74, 6) is 0.293. The number of aromatic nitrogens is 2. The molecule has 0 fully saturated rings. The predicted octanol–water partition coefficient (Wildman–Crippen LogP) is 4.13. The molecule has 0 aliphatic rings. The molecule has 100 valence electrons. The van der Waals surface area contributed by atoms with E-state index >= 15 is 0 Å². The van der Waals surface area contributed by atoms with Gasteiger partial charge in [-0.3, -0.25) is 9.48 Å². The number of carbonyl (C=O) groups excluding carboxylic acids is 1. The number of rotatable bonds is 3. The first-order valence-corrected chi connectivity index (χ1v) is 6.96. The van der Waals surface area contributed by atoms with Gasteiger partial charge in [0.05, 0.1) is 5.02 Å². The maximum Gasteiger partial charge on any atom is 0.256 e. The molecule has 2 rings (SSSR count). The van der Waals surface area contributed by atoms with Crippen molar-refractivity contribution in [2.75, 3.05) is 5.32 Å². The van der Waals surface area contributed by atoms with Crippen LogP contribution in [0, 0.1) is 0 Å². The Morgan fingerprint density at radius 3 is 2.74 bits per heavy atom. The molecule has 1 aromatic heterocycles. The molecule has 0 aliphatic heterocycles. The number of hydrogen-bond acceptors (Lipinski definition) is 2. The van der Waals surface area contributed by atoms with E-state index in [0.29, 0.717) is 16.4 Å². The molecule has 1 amide bonds. The largest absolute Gasteiger partial charge is 0.305 e. The van der Waals surface area contributed by atoms with Gasteiger partial charge in [0, 0.05) is 28.3 Å². The highest BCUT2D eigenvalue weighted by molar-refractivity contribution is 9.10. The smallest absolute Gasteiger partial charge is 0.256 e. The number of amides is 1. The van der Waals surface area contributed by atoms with E-state index in [9.17, 15) is 4.79 Å². The molecule has 0 radical (unpaired) electrons. The van der Waals surface area contributed by atoms with E-state index in [2.05, 4.69) is 26.3 Å². The summed E-state index contributed by atoms with van der Waals surface area (Å²) in [6.45, 7) is 4.04. The zero-order chi connectivity index (χ0) is 14.0. The first-order valence-electron chi connectivity index (χ1n) is 5.79. The number of nitrogens with one attached hydrogen (secondary N) is 1. The van der Waals surface area contributed by atoms with Crippen molar-refractivity contribution < 1.29 is 4.79 Å². The fraction of sp³-hybridized carbons (Fsp3) is 0.231. The van der Waals surface area contributed by atoms with E-state index in [4.69, 9.17) is 11.6 Å². The lowest BCUT2D eigenvalue weighted by molar-refractivity contribution is 0.102. The molecule has 2 aromatic rings. The molecule has 19 heavy (non-hydrogen) atoms. The Labute approximate surface area is 124 Å². The Morgan fingerprint density at radius 2 is 2.16 bits per heavy atom. The summed E-state index contributed by atoms with van der Waals surface area (Å²) in [5.41, 5.74) is 0.493. The highest BCUT2D eigenvalue weighted by Gasteiger charge is 2.10. The van der Waals surface area contributed by atoms with Crippen molar-refractivity contribution in [2.24, 2.45) is 0 Å². The number of carbonyl (C=O) groups is 1. The Bertz CT molecular complexity index is 610. The summed E-state index contributed by atoms with van der Waals surface area (Å²) < 4.78 is 2.54. The third-order valence-corrected chi connectivity index (χ3v) is 3.79. The van der Waals surface area contributed by atoms with Gasteiger partial charge in [-0.2, -0.15) is 5.10 Å². The molecule has 6 heteroatoms. The van der Waals surface area contributed by atoms with Crippen LogP contribution in [0.25, 0.3) is 0 Å². The van der Waals surface area contributed by atoms with Gasteiger partial charge < -0.3 is 5.32 Å². The minimum absolute atomic E-state index is 0.233. The zero-order valence-corrected chi connectivity index (χ0v) is 12.9. The quantitative estimate of drug-likeness (QED) is 0.911. The molecule has 0 spiro atoms. The van der Waals surface area contributed by atoms with Gasteiger partial charge in [-0.1, -0.05) is 11.6 Å². The van der Waals surface area contributed by atoms with Crippen LogP contribution in [-0.2, 0) is 0 Å². The van der Waals surface area contributed by atoms with Crippen molar-refractivity contribution >= 4 is 39.3 Å². The SMILES string of the molecule is CC(C)n1ccc(NC(=O)c2ccc(Br)c(Cl)c2)n1. The molecule has 4 nitrogen and oxygen atoms in total. The first kappa shape index (κ1) is 14.1. The minimum Gasteiger partial charge on any atom is -0.305 e. The molecule has 0 unspecified atom stereocenters. The Kier molecular flexibility index (Phi) is 4.27. The van der Waals surface area contributed by atoms with Crippen LogP contribution in [-0.4, -0.2) is 15.7 Å². The lowest BCUT2D eigenvalue weighted by Gasteiger charge is -2.05. The topological polar surface area (TPSA) is 46.9 Å². The Hall–Kier alpha value is -1.33. The zero-order valence-electron chi connectivity index (χ0n) is 10.5. The summed E-state index contributed by atoms with van der Waals surface area (Å²) in [7, 11) is 0. The van der Waals surface area contributed by atoms with Crippen molar-refractivity contribution in [2.45, 2.75) is 19.9 Å². The van der Waals surface area contributed by atoms with E-state index in [0.717, 1.165) is 4.47 Å². The molecule has 0 saturated heterocycles. The molecule has 1 aromatic carbocycles. The minimum atomic E-state index is -0.233. The van der Waals surface area contributed by atoms with Gasteiger partial charge in [0.2, 0.25) is 0 Å². The maximum absolute atomic E-state index is 12.0. The fourth-order valence-electron chi connectivity index (χ4n) is 1.52. The number of hydrogen-bond donors (Lipinski definition) is 1. The van der Waals surface area contributed by atoms with E-state index in [1.54, 1.807) is 28.9 Å². The Morgan fingerprint density at radius 1 is 1.42 bits per heavy atom. The molecule has 0 bridgehead atoms. The van der Waals surface area contributed by atoms with Crippen LogP contribution in [0.1, 0.15) is 30.2 Å². The molecule has 0 aliphatic carbocycles.